The summed E-state index contributed by atoms with van der Waals surface area (Å²) in [5.41, 5.74) is 3.62. The summed E-state index contributed by atoms with van der Waals surface area (Å²) in [5, 5.41) is 16.7. The van der Waals surface area contributed by atoms with Crippen LogP contribution in [0.25, 0.3) is 0 Å². The summed E-state index contributed by atoms with van der Waals surface area (Å²) in [4.78, 5) is 11.8. The zero-order valence-corrected chi connectivity index (χ0v) is 12.4. The Labute approximate surface area is 127 Å². The van der Waals surface area contributed by atoms with Crippen molar-refractivity contribution >= 4 is 23.5 Å². The number of aryl methyl sites for hydroxylation is 2. The van der Waals surface area contributed by atoms with Gasteiger partial charge in [0.1, 0.15) is 5.03 Å². The average Bonchev–Trinajstić information content (AvgIpc) is 3.14. The first kappa shape index (κ1) is 13.9. The van der Waals surface area contributed by atoms with Crippen LogP contribution in [0.4, 0.5) is 10.5 Å². The number of carbonyl (C=O) groups excluding carboxylic acids is 1. The fraction of sp³-hybridized carbons (Fsp3) is 0.357. The third-order valence-corrected chi connectivity index (χ3v) is 4.29. The van der Waals surface area contributed by atoms with Gasteiger partial charge in [-0.1, -0.05) is 6.07 Å². The molecule has 0 saturated heterocycles. The SMILES string of the molecule is O=C(NCCSc1cn[nH]n1)Nc1ccc2c(c1)CCC2. The van der Waals surface area contributed by atoms with E-state index in [1.54, 1.807) is 18.0 Å². The number of H-pyrrole nitrogens is 1. The van der Waals surface area contributed by atoms with E-state index >= 15 is 0 Å². The number of anilines is 1. The number of nitrogens with zero attached hydrogens (tertiary/aromatic N) is 2. The lowest BCUT2D eigenvalue weighted by Crippen LogP contribution is -2.30. The van der Waals surface area contributed by atoms with Crippen molar-refractivity contribution in [2.45, 2.75) is 24.3 Å². The number of nitrogens with one attached hydrogen (secondary N) is 3. The lowest BCUT2D eigenvalue weighted by atomic mass is 10.1. The highest BCUT2D eigenvalue weighted by molar-refractivity contribution is 7.99. The fourth-order valence-electron chi connectivity index (χ4n) is 2.41. The van der Waals surface area contributed by atoms with Gasteiger partial charge in [0.15, 0.2) is 0 Å². The van der Waals surface area contributed by atoms with Crippen LogP contribution in [0.15, 0.2) is 29.4 Å². The Morgan fingerprint density at radius 1 is 1.33 bits per heavy atom. The normalized spacial score (nSPS) is 13.0. The van der Waals surface area contributed by atoms with Crippen molar-refractivity contribution in [2.24, 2.45) is 0 Å². The Morgan fingerprint density at radius 3 is 3.10 bits per heavy atom. The summed E-state index contributed by atoms with van der Waals surface area (Å²) < 4.78 is 0. The minimum Gasteiger partial charge on any atom is -0.337 e. The van der Waals surface area contributed by atoms with Crippen LogP contribution in [0.1, 0.15) is 17.5 Å². The van der Waals surface area contributed by atoms with E-state index in [2.05, 4.69) is 38.2 Å². The number of hydrogen-bond acceptors (Lipinski definition) is 4. The number of carbonyl (C=O) groups is 1. The second-order valence-corrected chi connectivity index (χ2v) is 5.99. The molecule has 1 aromatic carbocycles. The Balaban J connectivity index is 1.41. The highest BCUT2D eigenvalue weighted by Gasteiger charge is 2.11. The number of fused-ring (bicyclic) bond motifs is 1. The van der Waals surface area contributed by atoms with Gasteiger partial charge >= 0.3 is 6.03 Å². The Bertz CT molecular complexity index is 614. The Morgan fingerprint density at radius 2 is 2.24 bits per heavy atom. The van der Waals surface area contributed by atoms with Crippen molar-refractivity contribution in [1.82, 2.24) is 20.7 Å². The molecule has 0 fully saturated rings. The van der Waals surface area contributed by atoms with Crippen LogP contribution in [0, 0.1) is 0 Å². The van der Waals surface area contributed by atoms with Gasteiger partial charge in [0, 0.05) is 18.0 Å². The van der Waals surface area contributed by atoms with Crippen LogP contribution in [0.5, 0.6) is 0 Å². The first-order chi connectivity index (χ1) is 10.3. The average molecular weight is 303 g/mol. The van der Waals surface area contributed by atoms with Crippen molar-refractivity contribution in [3.8, 4) is 0 Å². The minimum atomic E-state index is -0.173. The van der Waals surface area contributed by atoms with Gasteiger partial charge in [0.05, 0.1) is 6.20 Å². The van der Waals surface area contributed by atoms with Crippen molar-refractivity contribution in [3.63, 3.8) is 0 Å². The van der Waals surface area contributed by atoms with E-state index in [0.29, 0.717) is 6.54 Å². The third kappa shape index (κ3) is 3.75. The third-order valence-electron chi connectivity index (χ3n) is 3.39. The van der Waals surface area contributed by atoms with Crippen LogP contribution in [-0.2, 0) is 12.8 Å². The molecule has 110 valence electrons. The number of hydrogen-bond donors (Lipinski definition) is 3. The molecule has 21 heavy (non-hydrogen) atoms. The molecule has 0 aliphatic heterocycles. The number of aromatic amines is 1. The zero-order valence-electron chi connectivity index (χ0n) is 11.6. The molecule has 1 aliphatic carbocycles. The van der Waals surface area contributed by atoms with E-state index in [0.717, 1.165) is 29.3 Å². The van der Waals surface area contributed by atoms with Crippen molar-refractivity contribution < 1.29 is 4.79 Å². The first-order valence-electron chi connectivity index (χ1n) is 6.96. The van der Waals surface area contributed by atoms with Gasteiger partial charge < -0.3 is 10.6 Å². The minimum absolute atomic E-state index is 0.173. The molecule has 7 heteroatoms. The van der Waals surface area contributed by atoms with Crippen LogP contribution in [0.3, 0.4) is 0 Å². The molecule has 1 heterocycles. The molecule has 3 rings (SSSR count). The summed E-state index contributed by atoms with van der Waals surface area (Å²) in [7, 11) is 0. The lowest BCUT2D eigenvalue weighted by Gasteiger charge is -2.08. The van der Waals surface area contributed by atoms with Gasteiger partial charge in [-0.15, -0.1) is 16.9 Å². The van der Waals surface area contributed by atoms with E-state index in [-0.39, 0.29) is 6.03 Å². The van der Waals surface area contributed by atoms with E-state index in [1.807, 2.05) is 6.07 Å². The maximum absolute atomic E-state index is 11.8. The highest BCUT2D eigenvalue weighted by Crippen LogP contribution is 2.24. The largest absolute Gasteiger partial charge is 0.337 e. The predicted octanol–water partition coefficient (Wildman–Crippen LogP) is 2.21. The molecule has 2 amide bonds. The Kier molecular flexibility index (Phi) is 4.40. The standard InChI is InChI=1S/C14H17N5OS/c20-14(15-6-7-21-13-9-16-19-18-13)17-12-5-4-10-2-1-3-11(10)8-12/h4-5,8-9H,1-3,6-7H2,(H2,15,17,20)(H,16,18,19). The summed E-state index contributed by atoms with van der Waals surface area (Å²) >= 11 is 1.54. The van der Waals surface area contributed by atoms with E-state index in [9.17, 15) is 4.79 Å². The lowest BCUT2D eigenvalue weighted by molar-refractivity contribution is 0.252. The smallest absolute Gasteiger partial charge is 0.319 e. The molecular formula is C14H17N5OS. The molecule has 1 aliphatic rings. The quantitative estimate of drug-likeness (QED) is 0.584. The topological polar surface area (TPSA) is 82.7 Å². The maximum atomic E-state index is 11.8. The van der Waals surface area contributed by atoms with E-state index in [4.69, 9.17) is 0 Å². The number of benzene rings is 1. The summed E-state index contributed by atoms with van der Waals surface area (Å²) in [5.74, 6) is 0.754. The molecular weight excluding hydrogens is 286 g/mol. The van der Waals surface area contributed by atoms with Gasteiger partial charge in [-0.25, -0.2) is 4.79 Å². The van der Waals surface area contributed by atoms with Crippen molar-refractivity contribution in [2.75, 3.05) is 17.6 Å². The van der Waals surface area contributed by atoms with Gasteiger partial charge in [0.25, 0.3) is 0 Å². The van der Waals surface area contributed by atoms with Crippen LogP contribution >= 0.6 is 11.8 Å². The summed E-state index contributed by atoms with van der Waals surface area (Å²) in [6, 6.07) is 5.98. The van der Waals surface area contributed by atoms with Gasteiger partial charge in [-0.3, -0.25) is 0 Å². The zero-order chi connectivity index (χ0) is 14.5. The van der Waals surface area contributed by atoms with Crippen LogP contribution in [-0.4, -0.2) is 33.7 Å². The maximum Gasteiger partial charge on any atom is 0.319 e. The summed E-state index contributed by atoms with van der Waals surface area (Å²) in [6.45, 7) is 0.578. The molecule has 0 atom stereocenters. The molecule has 6 nitrogen and oxygen atoms in total. The first-order valence-corrected chi connectivity index (χ1v) is 7.95. The summed E-state index contributed by atoms with van der Waals surface area (Å²) in [6.07, 6.45) is 5.14. The monoisotopic (exact) mass is 303 g/mol. The molecule has 0 unspecified atom stereocenters. The molecule has 0 spiro atoms. The van der Waals surface area contributed by atoms with Crippen molar-refractivity contribution in [1.29, 1.82) is 0 Å². The van der Waals surface area contributed by atoms with Crippen LogP contribution < -0.4 is 10.6 Å². The van der Waals surface area contributed by atoms with Gasteiger partial charge in [-0.2, -0.15) is 10.3 Å². The highest BCUT2D eigenvalue weighted by atomic mass is 32.2. The molecule has 0 radical (unpaired) electrons. The number of amides is 2. The van der Waals surface area contributed by atoms with Crippen LogP contribution in [0.2, 0.25) is 0 Å². The second kappa shape index (κ2) is 6.62. The molecule has 0 bridgehead atoms. The molecule has 3 N–H and O–H groups in total. The number of urea groups is 1. The van der Waals surface area contributed by atoms with Gasteiger partial charge in [0.2, 0.25) is 0 Å². The molecule has 2 aromatic rings. The number of rotatable bonds is 5. The predicted molar refractivity (Wildman–Crippen MR) is 82.6 cm³/mol. The number of thioether (sulfide) groups is 1. The second-order valence-electron chi connectivity index (χ2n) is 4.87. The Hall–Kier alpha value is -2.02. The van der Waals surface area contributed by atoms with Gasteiger partial charge in [-0.05, 0) is 42.5 Å². The molecule has 1 aromatic heterocycles. The molecule has 0 saturated carbocycles. The van der Waals surface area contributed by atoms with E-state index < -0.39 is 0 Å². The number of aromatic nitrogens is 3. The fourth-order valence-corrected chi connectivity index (χ4v) is 3.05. The van der Waals surface area contributed by atoms with Crippen molar-refractivity contribution in [3.05, 3.63) is 35.5 Å². The van der Waals surface area contributed by atoms with E-state index in [1.165, 1.54) is 17.5 Å².